The molecule has 0 aromatic carbocycles. The predicted octanol–water partition coefficient (Wildman–Crippen LogP) is 2.08. The van der Waals surface area contributed by atoms with Gasteiger partial charge in [0.25, 0.3) is 0 Å². The van der Waals surface area contributed by atoms with Crippen LogP contribution in [0, 0.1) is 5.92 Å². The molecule has 0 unspecified atom stereocenters. The maximum atomic E-state index is 5.33. The summed E-state index contributed by atoms with van der Waals surface area (Å²) in [7, 11) is 0. The van der Waals surface area contributed by atoms with E-state index in [0.717, 1.165) is 5.92 Å². The summed E-state index contributed by atoms with van der Waals surface area (Å²) in [5.74, 6) is 0.975. The lowest BCUT2D eigenvalue weighted by atomic mass is 10.0. The van der Waals surface area contributed by atoms with Crippen molar-refractivity contribution in [3.8, 4) is 0 Å². The molecule has 0 saturated heterocycles. The summed E-state index contributed by atoms with van der Waals surface area (Å²) < 4.78 is 0. The molecular formula is C9H17N. The molecule has 1 rings (SSSR count). The molecule has 0 spiro atoms. The number of rotatable bonds is 3. The van der Waals surface area contributed by atoms with Crippen molar-refractivity contribution in [2.45, 2.75) is 32.1 Å². The molecule has 0 bridgehead atoms. The molecule has 2 N–H and O–H groups in total. The second-order valence-electron chi connectivity index (χ2n) is 3.09. The lowest BCUT2D eigenvalue weighted by Gasteiger charge is -2.02. The Hall–Kier alpha value is -0.300. The van der Waals surface area contributed by atoms with Crippen LogP contribution in [0.5, 0.6) is 0 Å². The van der Waals surface area contributed by atoms with E-state index in [0.29, 0.717) is 6.54 Å². The SMILES string of the molecule is NC/C=C/CC1CCCC1. The van der Waals surface area contributed by atoms with E-state index in [1.54, 1.807) is 0 Å². The van der Waals surface area contributed by atoms with E-state index in [-0.39, 0.29) is 0 Å². The molecule has 58 valence electrons. The largest absolute Gasteiger partial charge is 0.327 e. The summed E-state index contributed by atoms with van der Waals surface area (Å²) in [6, 6.07) is 0. The third-order valence-electron chi connectivity index (χ3n) is 2.25. The highest BCUT2D eigenvalue weighted by atomic mass is 14.5. The molecule has 1 aliphatic rings. The topological polar surface area (TPSA) is 26.0 Å². The Morgan fingerprint density at radius 2 is 1.90 bits per heavy atom. The first-order valence-corrected chi connectivity index (χ1v) is 4.28. The Labute approximate surface area is 63.3 Å². The van der Waals surface area contributed by atoms with E-state index < -0.39 is 0 Å². The minimum atomic E-state index is 0.701. The molecule has 0 aromatic rings. The Morgan fingerprint density at radius 1 is 1.20 bits per heavy atom. The van der Waals surface area contributed by atoms with Crippen LogP contribution in [0.4, 0.5) is 0 Å². The predicted molar refractivity (Wildman–Crippen MR) is 44.8 cm³/mol. The van der Waals surface area contributed by atoms with Gasteiger partial charge in [0.1, 0.15) is 0 Å². The Balaban J connectivity index is 2.06. The van der Waals surface area contributed by atoms with Gasteiger partial charge in [-0.1, -0.05) is 37.8 Å². The average molecular weight is 139 g/mol. The first-order chi connectivity index (χ1) is 4.93. The van der Waals surface area contributed by atoms with E-state index >= 15 is 0 Å². The lowest BCUT2D eigenvalue weighted by Crippen LogP contribution is -1.94. The van der Waals surface area contributed by atoms with Gasteiger partial charge in [-0.3, -0.25) is 0 Å². The van der Waals surface area contributed by atoms with E-state index in [2.05, 4.69) is 12.2 Å². The van der Waals surface area contributed by atoms with Crippen molar-refractivity contribution in [1.29, 1.82) is 0 Å². The fourth-order valence-corrected chi connectivity index (χ4v) is 1.63. The molecule has 1 aliphatic carbocycles. The van der Waals surface area contributed by atoms with Crippen molar-refractivity contribution in [3.63, 3.8) is 0 Å². The quantitative estimate of drug-likeness (QED) is 0.595. The maximum Gasteiger partial charge on any atom is 0.0106 e. The Bertz CT molecular complexity index is 101. The zero-order valence-corrected chi connectivity index (χ0v) is 6.55. The van der Waals surface area contributed by atoms with Crippen LogP contribution >= 0.6 is 0 Å². The highest BCUT2D eigenvalue weighted by Crippen LogP contribution is 2.27. The van der Waals surface area contributed by atoms with Gasteiger partial charge >= 0.3 is 0 Å². The fraction of sp³-hybridized carbons (Fsp3) is 0.778. The van der Waals surface area contributed by atoms with Crippen LogP contribution in [-0.2, 0) is 0 Å². The number of allylic oxidation sites excluding steroid dienone is 1. The van der Waals surface area contributed by atoms with Gasteiger partial charge < -0.3 is 5.73 Å². The van der Waals surface area contributed by atoms with Crippen molar-refractivity contribution in [1.82, 2.24) is 0 Å². The minimum Gasteiger partial charge on any atom is -0.327 e. The highest BCUT2D eigenvalue weighted by Gasteiger charge is 2.12. The molecular weight excluding hydrogens is 122 g/mol. The van der Waals surface area contributed by atoms with Crippen molar-refractivity contribution >= 4 is 0 Å². The third-order valence-corrected chi connectivity index (χ3v) is 2.25. The van der Waals surface area contributed by atoms with E-state index in [1.807, 2.05) is 0 Å². The molecule has 1 fully saturated rings. The van der Waals surface area contributed by atoms with Gasteiger partial charge in [0, 0.05) is 6.54 Å². The van der Waals surface area contributed by atoms with Gasteiger partial charge in [0.2, 0.25) is 0 Å². The van der Waals surface area contributed by atoms with Crippen LogP contribution in [0.3, 0.4) is 0 Å². The Kier molecular flexibility index (Phi) is 3.52. The molecule has 1 heteroatoms. The minimum absolute atomic E-state index is 0.701. The molecule has 1 saturated carbocycles. The van der Waals surface area contributed by atoms with Crippen molar-refractivity contribution in [2.24, 2.45) is 11.7 Å². The summed E-state index contributed by atoms with van der Waals surface area (Å²) in [5, 5.41) is 0. The summed E-state index contributed by atoms with van der Waals surface area (Å²) in [6.07, 6.45) is 11.3. The van der Waals surface area contributed by atoms with Gasteiger partial charge in [-0.15, -0.1) is 0 Å². The molecule has 0 atom stereocenters. The first kappa shape index (κ1) is 7.80. The van der Waals surface area contributed by atoms with Crippen molar-refractivity contribution in [3.05, 3.63) is 12.2 Å². The standard InChI is InChI=1S/C9H17N/c10-8-4-3-7-9-5-1-2-6-9/h3-4,9H,1-2,5-8,10H2/b4-3+. The van der Waals surface area contributed by atoms with Crippen LogP contribution in [0.25, 0.3) is 0 Å². The second-order valence-corrected chi connectivity index (χ2v) is 3.09. The molecule has 0 amide bonds. The smallest absolute Gasteiger partial charge is 0.0106 e. The molecule has 0 radical (unpaired) electrons. The zero-order chi connectivity index (χ0) is 7.23. The molecule has 10 heavy (non-hydrogen) atoms. The van der Waals surface area contributed by atoms with Crippen LogP contribution in [0.2, 0.25) is 0 Å². The van der Waals surface area contributed by atoms with Crippen LogP contribution in [-0.4, -0.2) is 6.54 Å². The summed E-state index contributed by atoms with van der Waals surface area (Å²) in [4.78, 5) is 0. The van der Waals surface area contributed by atoms with Crippen LogP contribution < -0.4 is 5.73 Å². The fourth-order valence-electron chi connectivity index (χ4n) is 1.63. The number of nitrogens with two attached hydrogens (primary N) is 1. The van der Waals surface area contributed by atoms with E-state index in [9.17, 15) is 0 Å². The van der Waals surface area contributed by atoms with Gasteiger partial charge in [0.15, 0.2) is 0 Å². The third kappa shape index (κ3) is 2.53. The Morgan fingerprint density at radius 3 is 2.50 bits per heavy atom. The number of hydrogen-bond acceptors (Lipinski definition) is 1. The molecule has 0 heterocycles. The number of hydrogen-bond donors (Lipinski definition) is 1. The maximum absolute atomic E-state index is 5.33. The van der Waals surface area contributed by atoms with Gasteiger partial charge in [0.05, 0.1) is 0 Å². The van der Waals surface area contributed by atoms with Crippen molar-refractivity contribution in [2.75, 3.05) is 6.54 Å². The van der Waals surface area contributed by atoms with Gasteiger partial charge in [-0.2, -0.15) is 0 Å². The van der Waals surface area contributed by atoms with Crippen LogP contribution in [0.15, 0.2) is 12.2 Å². The summed E-state index contributed by atoms with van der Waals surface area (Å²) >= 11 is 0. The second kappa shape index (κ2) is 4.51. The molecule has 0 aromatic heterocycles. The first-order valence-electron chi connectivity index (χ1n) is 4.28. The van der Waals surface area contributed by atoms with E-state index in [4.69, 9.17) is 5.73 Å². The van der Waals surface area contributed by atoms with Gasteiger partial charge in [-0.25, -0.2) is 0 Å². The monoisotopic (exact) mass is 139 g/mol. The van der Waals surface area contributed by atoms with Gasteiger partial charge in [-0.05, 0) is 12.3 Å². The van der Waals surface area contributed by atoms with Crippen molar-refractivity contribution < 1.29 is 0 Å². The van der Waals surface area contributed by atoms with Crippen LogP contribution in [0.1, 0.15) is 32.1 Å². The highest BCUT2D eigenvalue weighted by molar-refractivity contribution is 4.85. The molecule has 0 aliphatic heterocycles. The normalized spacial score (nSPS) is 20.9. The average Bonchev–Trinajstić information content (AvgIpc) is 2.41. The summed E-state index contributed by atoms with van der Waals surface area (Å²) in [6.45, 7) is 0.701. The van der Waals surface area contributed by atoms with E-state index in [1.165, 1.54) is 32.1 Å². The molecule has 1 nitrogen and oxygen atoms in total. The zero-order valence-electron chi connectivity index (χ0n) is 6.55. The summed E-state index contributed by atoms with van der Waals surface area (Å²) in [5.41, 5.74) is 5.33. The lowest BCUT2D eigenvalue weighted by molar-refractivity contribution is 0.557.